The van der Waals surface area contributed by atoms with Gasteiger partial charge in [0.05, 0.1) is 12.2 Å². The van der Waals surface area contributed by atoms with Gasteiger partial charge in [0, 0.05) is 11.8 Å². The summed E-state index contributed by atoms with van der Waals surface area (Å²) in [5.41, 5.74) is 0.562. The topological polar surface area (TPSA) is 93.0 Å². The van der Waals surface area contributed by atoms with Crippen LogP contribution in [0.1, 0.15) is 13.8 Å². The van der Waals surface area contributed by atoms with E-state index >= 15 is 0 Å². The summed E-state index contributed by atoms with van der Waals surface area (Å²) in [4.78, 5) is 8.22. The minimum Gasteiger partial charge on any atom is -0.475 e. The summed E-state index contributed by atoms with van der Waals surface area (Å²) in [5, 5.41) is 13.1. The third kappa shape index (κ3) is 3.53. The predicted octanol–water partition coefficient (Wildman–Crippen LogP) is 2.61. The second kappa shape index (κ2) is 6.77. The van der Waals surface area contributed by atoms with Crippen molar-refractivity contribution in [3.05, 3.63) is 18.7 Å². The molecule has 0 aliphatic rings. The van der Waals surface area contributed by atoms with Gasteiger partial charge < -0.3 is 10.1 Å². The maximum Gasteiger partial charge on any atom is 0.425 e. The molecule has 0 amide bonds. The highest BCUT2D eigenvalue weighted by atomic mass is 19.4. The number of hydrogen-bond donors (Lipinski definition) is 2. The fourth-order valence-electron chi connectivity index (χ4n) is 2.09. The fourth-order valence-corrected chi connectivity index (χ4v) is 2.09. The van der Waals surface area contributed by atoms with E-state index in [2.05, 4.69) is 30.6 Å². The maximum absolute atomic E-state index is 13.0. The molecule has 3 aromatic rings. The lowest BCUT2D eigenvalue weighted by Crippen LogP contribution is -2.31. The molecule has 0 saturated heterocycles. The minimum absolute atomic E-state index is 0.0147. The normalized spacial score (nSPS) is 14.4. The SMILES string of the molecule is C[C@H](Oc1c(-c2cn[nH]c2)ncn2nc(N[C@@H](C)CF)nc12)C(F)(F)F. The van der Waals surface area contributed by atoms with Crippen molar-refractivity contribution in [2.75, 3.05) is 12.0 Å². The Morgan fingerprint density at radius 3 is 2.73 bits per heavy atom. The van der Waals surface area contributed by atoms with Gasteiger partial charge in [-0.25, -0.2) is 9.37 Å². The first kappa shape index (κ1) is 17.9. The summed E-state index contributed by atoms with van der Waals surface area (Å²) in [6, 6.07) is -0.563. The van der Waals surface area contributed by atoms with Gasteiger partial charge in [-0.05, 0) is 13.8 Å². The molecule has 0 bridgehead atoms. The van der Waals surface area contributed by atoms with E-state index in [9.17, 15) is 17.6 Å². The smallest absolute Gasteiger partial charge is 0.425 e. The average Bonchev–Trinajstić information content (AvgIpc) is 3.23. The van der Waals surface area contributed by atoms with Crippen molar-refractivity contribution in [1.82, 2.24) is 29.8 Å². The van der Waals surface area contributed by atoms with Crippen LogP contribution in [0.5, 0.6) is 5.75 Å². The first-order valence-corrected chi connectivity index (χ1v) is 7.60. The summed E-state index contributed by atoms with van der Waals surface area (Å²) in [7, 11) is 0. The third-order valence-electron chi connectivity index (χ3n) is 3.48. The van der Waals surface area contributed by atoms with Gasteiger partial charge >= 0.3 is 6.18 Å². The van der Waals surface area contributed by atoms with E-state index in [0.29, 0.717) is 5.56 Å². The molecule has 3 heterocycles. The largest absolute Gasteiger partial charge is 0.475 e. The highest BCUT2D eigenvalue weighted by Gasteiger charge is 2.39. The molecule has 0 aliphatic carbocycles. The van der Waals surface area contributed by atoms with Gasteiger partial charge in [-0.3, -0.25) is 5.10 Å². The molecule has 0 aliphatic heterocycles. The molecule has 26 heavy (non-hydrogen) atoms. The Labute approximate surface area is 144 Å². The number of H-pyrrole nitrogens is 1. The number of aromatic amines is 1. The summed E-state index contributed by atoms with van der Waals surface area (Å²) in [5.74, 6) is -0.155. The number of fused-ring (bicyclic) bond motifs is 1. The zero-order valence-corrected chi connectivity index (χ0v) is 13.8. The molecule has 3 rings (SSSR count). The van der Waals surface area contributed by atoms with E-state index in [1.54, 1.807) is 6.92 Å². The van der Waals surface area contributed by atoms with Gasteiger partial charge in [-0.1, -0.05) is 0 Å². The molecular weight excluding hydrogens is 358 g/mol. The van der Waals surface area contributed by atoms with E-state index < -0.39 is 25.0 Å². The Morgan fingerprint density at radius 1 is 1.35 bits per heavy atom. The lowest BCUT2D eigenvalue weighted by Gasteiger charge is -2.19. The molecule has 2 atom stereocenters. The Bertz CT molecular complexity index is 877. The Kier molecular flexibility index (Phi) is 4.66. The minimum atomic E-state index is -4.58. The van der Waals surface area contributed by atoms with Crippen LogP contribution in [0.4, 0.5) is 23.5 Å². The number of aromatic nitrogens is 6. The maximum atomic E-state index is 13.0. The molecule has 2 N–H and O–H groups in total. The fraction of sp³-hybridized carbons (Fsp3) is 0.429. The van der Waals surface area contributed by atoms with Crippen LogP contribution in [-0.4, -0.2) is 54.8 Å². The van der Waals surface area contributed by atoms with E-state index in [-0.39, 0.29) is 23.0 Å². The van der Waals surface area contributed by atoms with Crippen LogP contribution in [0.2, 0.25) is 0 Å². The van der Waals surface area contributed by atoms with Crippen LogP contribution in [0.15, 0.2) is 18.7 Å². The Balaban J connectivity index is 2.10. The third-order valence-corrected chi connectivity index (χ3v) is 3.48. The van der Waals surface area contributed by atoms with Crippen molar-refractivity contribution in [3.63, 3.8) is 0 Å². The molecule has 8 nitrogen and oxygen atoms in total. The number of alkyl halides is 4. The van der Waals surface area contributed by atoms with Crippen LogP contribution in [0.25, 0.3) is 16.9 Å². The molecule has 0 unspecified atom stereocenters. The van der Waals surface area contributed by atoms with Crippen molar-refractivity contribution in [1.29, 1.82) is 0 Å². The van der Waals surface area contributed by atoms with Crippen molar-refractivity contribution in [3.8, 4) is 17.0 Å². The number of ether oxygens (including phenoxy) is 1. The van der Waals surface area contributed by atoms with Gasteiger partial charge in [0.1, 0.15) is 18.7 Å². The number of rotatable bonds is 6. The second-order valence-corrected chi connectivity index (χ2v) is 5.61. The highest BCUT2D eigenvalue weighted by Crippen LogP contribution is 2.34. The number of hydrogen-bond acceptors (Lipinski definition) is 6. The zero-order valence-electron chi connectivity index (χ0n) is 13.8. The molecule has 0 radical (unpaired) electrons. The van der Waals surface area contributed by atoms with Crippen LogP contribution in [-0.2, 0) is 0 Å². The van der Waals surface area contributed by atoms with Crippen molar-refractivity contribution >= 4 is 11.6 Å². The zero-order chi connectivity index (χ0) is 18.9. The Morgan fingerprint density at radius 2 is 2.12 bits per heavy atom. The lowest BCUT2D eigenvalue weighted by atomic mass is 10.2. The Hall–Kier alpha value is -2.92. The molecule has 0 saturated carbocycles. The van der Waals surface area contributed by atoms with Crippen molar-refractivity contribution in [2.24, 2.45) is 0 Å². The van der Waals surface area contributed by atoms with E-state index in [1.165, 1.54) is 18.7 Å². The van der Waals surface area contributed by atoms with Gasteiger partial charge in [-0.15, -0.1) is 5.10 Å². The van der Waals surface area contributed by atoms with Crippen LogP contribution < -0.4 is 10.1 Å². The highest BCUT2D eigenvalue weighted by molar-refractivity contribution is 5.73. The van der Waals surface area contributed by atoms with Crippen LogP contribution in [0.3, 0.4) is 0 Å². The second-order valence-electron chi connectivity index (χ2n) is 5.61. The quantitative estimate of drug-likeness (QED) is 0.646. The van der Waals surface area contributed by atoms with Gasteiger partial charge in [0.2, 0.25) is 11.6 Å². The summed E-state index contributed by atoms with van der Waals surface area (Å²) in [6.45, 7) is 1.79. The van der Waals surface area contributed by atoms with Crippen molar-refractivity contribution < 1.29 is 22.3 Å². The van der Waals surface area contributed by atoms with Crippen molar-refractivity contribution in [2.45, 2.75) is 32.2 Å². The average molecular weight is 373 g/mol. The monoisotopic (exact) mass is 373 g/mol. The molecule has 140 valence electrons. The molecule has 0 aromatic carbocycles. The summed E-state index contributed by atoms with van der Waals surface area (Å²) >= 11 is 0. The number of halogens is 4. The molecule has 0 spiro atoms. The van der Waals surface area contributed by atoms with E-state index in [1.807, 2.05) is 0 Å². The standard InChI is InChI=1S/C14H15F4N7O/c1-7(3-15)22-13-23-12-11(26-8(2)14(16,17)18)10(9-4-20-21-5-9)19-6-25(12)24-13/h4-8H,3H2,1-2H3,(H,20,21)(H,22,24)/t7-,8-/m0/s1. The molecule has 3 aromatic heterocycles. The van der Waals surface area contributed by atoms with Crippen LogP contribution >= 0.6 is 0 Å². The summed E-state index contributed by atoms with van der Waals surface area (Å²) < 4.78 is 57.9. The van der Waals surface area contributed by atoms with E-state index in [4.69, 9.17) is 4.74 Å². The first-order valence-electron chi connectivity index (χ1n) is 7.60. The lowest BCUT2D eigenvalue weighted by molar-refractivity contribution is -0.188. The molecule has 12 heteroatoms. The first-order chi connectivity index (χ1) is 12.3. The van der Waals surface area contributed by atoms with Gasteiger partial charge in [0.25, 0.3) is 0 Å². The number of nitrogens with one attached hydrogen (secondary N) is 2. The van der Waals surface area contributed by atoms with Crippen LogP contribution in [0, 0.1) is 0 Å². The summed E-state index contributed by atoms with van der Waals surface area (Å²) in [6.07, 6.45) is -2.54. The van der Waals surface area contributed by atoms with Gasteiger partial charge in [0.15, 0.2) is 11.9 Å². The number of anilines is 1. The molecular formula is C14H15F4N7O. The molecule has 0 fully saturated rings. The predicted molar refractivity (Wildman–Crippen MR) is 83.6 cm³/mol. The van der Waals surface area contributed by atoms with Gasteiger partial charge in [-0.2, -0.15) is 27.8 Å². The number of nitrogens with zero attached hydrogens (tertiary/aromatic N) is 5. The van der Waals surface area contributed by atoms with E-state index in [0.717, 1.165) is 11.4 Å².